The van der Waals surface area contributed by atoms with E-state index in [1.54, 1.807) is 6.07 Å². The number of hydrogen-bond donors (Lipinski definition) is 2. The van der Waals surface area contributed by atoms with Gasteiger partial charge in [0.1, 0.15) is 17.3 Å². The zero-order chi connectivity index (χ0) is 28.3. The van der Waals surface area contributed by atoms with Gasteiger partial charge in [-0.25, -0.2) is 9.18 Å². The lowest BCUT2D eigenvalue weighted by Gasteiger charge is -2.18. The standard InChI is InChI=1S/C27H20Cl2FN3O6/c1-14-23(27(37)38-2)20(26(36)33(14)22-6-4-3-5-21(22)30)12-18-7-8-19(39-18)13-31-24(34)25(35)32-17-10-15(28)9-16(29)11-17/h3-12H,13H2,1-2H3,(H,31,34)(H,32,35)/b20-12+. The molecule has 0 fully saturated rings. The molecule has 1 aromatic heterocycles. The molecule has 1 aliphatic heterocycles. The fraction of sp³-hybridized carbons (Fsp3) is 0.111. The van der Waals surface area contributed by atoms with Crippen molar-refractivity contribution in [3.8, 4) is 0 Å². The van der Waals surface area contributed by atoms with E-state index in [1.165, 1.54) is 68.6 Å². The lowest BCUT2D eigenvalue weighted by atomic mass is 10.1. The summed E-state index contributed by atoms with van der Waals surface area (Å²) in [6.45, 7) is 1.35. The van der Waals surface area contributed by atoms with Gasteiger partial charge < -0.3 is 19.8 Å². The monoisotopic (exact) mass is 571 g/mol. The molecule has 0 spiro atoms. The van der Waals surface area contributed by atoms with Gasteiger partial charge in [-0.1, -0.05) is 35.3 Å². The Morgan fingerprint density at radius 1 is 1.05 bits per heavy atom. The summed E-state index contributed by atoms with van der Waals surface area (Å²) in [5.41, 5.74) is 0.303. The van der Waals surface area contributed by atoms with Gasteiger partial charge in [0, 0.05) is 21.4 Å². The summed E-state index contributed by atoms with van der Waals surface area (Å²) in [6, 6.07) is 13.0. The van der Waals surface area contributed by atoms with E-state index in [9.17, 15) is 23.6 Å². The molecule has 3 amide bonds. The van der Waals surface area contributed by atoms with Crippen molar-refractivity contribution in [1.82, 2.24) is 5.32 Å². The summed E-state index contributed by atoms with van der Waals surface area (Å²) in [5.74, 6) is -3.54. The molecule has 2 aromatic carbocycles. The number of carbonyl (C=O) groups excluding carboxylic acids is 4. The first-order chi connectivity index (χ1) is 18.6. The zero-order valence-electron chi connectivity index (χ0n) is 20.5. The minimum atomic E-state index is -0.949. The van der Waals surface area contributed by atoms with Crippen molar-refractivity contribution in [2.45, 2.75) is 13.5 Å². The first-order valence-electron chi connectivity index (χ1n) is 11.3. The molecule has 39 heavy (non-hydrogen) atoms. The van der Waals surface area contributed by atoms with Crippen LogP contribution in [0.3, 0.4) is 0 Å². The summed E-state index contributed by atoms with van der Waals surface area (Å²) in [7, 11) is 1.17. The van der Waals surface area contributed by atoms with Crippen molar-refractivity contribution in [2.75, 3.05) is 17.3 Å². The van der Waals surface area contributed by atoms with Crippen LogP contribution < -0.4 is 15.5 Å². The number of amides is 3. The summed E-state index contributed by atoms with van der Waals surface area (Å²) < 4.78 is 25.0. The number of methoxy groups -OCH3 is 1. The number of halogens is 3. The summed E-state index contributed by atoms with van der Waals surface area (Å²) in [6.07, 6.45) is 1.32. The van der Waals surface area contributed by atoms with Gasteiger partial charge in [-0.2, -0.15) is 0 Å². The third-order valence-corrected chi connectivity index (χ3v) is 6.04. The molecule has 200 valence electrons. The maximum absolute atomic E-state index is 14.5. The number of anilines is 2. The van der Waals surface area contributed by atoms with Gasteiger partial charge in [0.2, 0.25) is 0 Å². The van der Waals surface area contributed by atoms with Crippen LogP contribution in [0.1, 0.15) is 18.4 Å². The van der Waals surface area contributed by atoms with Gasteiger partial charge in [0.15, 0.2) is 0 Å². The summed E-state index contributed by atoms with van der Waals surface area (Å²) in [4.78, 5) is 51.3. The number of carbonyl (C=O) groups is 4. The molecule has 9 nitrogen and oxygen atoms in total. The minimum Gasteiger partial charge on any atom is -0.465 e. The van der Waals surface area contributed by atoms with Crippen molar-refractivity contribution in [1.29, 1.82) is 0 Å². The number of ether oxygens (including phenoxy) is 1. The SMILES string of the molecule is COC(=O)C1=C(C)N(c2ccccc2F)C(=O)/C1=C/c1ccc(CNC(=O)C(=O)Nc2cc(Cl)cc(Cl)c2)o1. The molecule has 0 radical (unpaired) electrons. The molecule has 3 aromatic rings. The Kier molecular flexibility index (Phi) is 8.18. The van der Waals surface area contributed by atoms with Crippen LogP contribution in [0.25, 0.3) is 6.08 Å². The van der Waals surface area contributed by atoms with Crippen molar-refractivity contribution in [3.63, 3.8) is 0 Å². The number of para-hydroxylation sites is 1. The quantitative estimate of drug-likeness (QED) is 0.248. The Morgan fingerprint density at radius 3 is 2.41 bits per heavy atom. The molecule has 0 aliphatic carbocycles. The second-order valence-electron chi connectivity index (χ2n) is 8.20. The number of benzene rings is 2. The number of nitrogens with one attached hydrogen (secondary N) is 2. The largest absolute Gasteiger partial charge is 0.465 e. The van der Waals surface area contributed by atoms with Crippen molar-refractivity contribution in [2.24, 2.45) is 0 Å². The topological polar surface area (TPSA) is 118 Å². The normalized spacial score (nSPS) is 14.1. The Hall–Kier alpha value is -4.41. The third-order valence-electron chi connectivity index (χ3n) is 5.60. The minimum absolute atomic E-state index is 0.0222. The molecule has 0 bridgehead atoms. The Morgan fingerprint density at radius 2 is 1.74 bits per heavy atom. The van der Waals surface area contributed by atoms with Crippen LogP contribution >= 0.6 is 23.2 Å². The van der Waals surface area contributed by atoms with Gasteiger partial charge in [0.25, 0.3) is 5.91 Å². The van der Waals surface area contributed by atoms with Crippen molar-refractivity contribution < 1.29 is 32.7 Å². The molecule has 12 heteroatoms. The number of furan rings is 1. The Labute approximate surface area is 231 Å². The Balaban J connectivity index is 1.49. The molecule has 2 heterocycles. The number of allylic oxidation sites excluding steroid dienone is 1. The molecular formula is C27H20Cl2FN3O6. The highest BCUT2D eigenvalue weighted by Crippen LogP contribution is 2.36. The van der Waals surface area contributed by atoms with Gasteiger partial charge >= 0.3 is 17.8 Å². The van der Waals surface area contributed by atoms with Gasteiger partial charge in [-0.05, 0) is 55.5 Å². The van der Waals surface area contributed by atoms with Crippen LogP contribution in [0.2, 0.25) is 10.0 Å². The van der Waals surface area contributed by atoms with Crippen molar-refractivity contribution in [3.05, 3.63) is 98.8 Å². The van der Waals surface area contributed by atoms with Crippen LogP contribution in [0.15, 0.2) is 75.9 Å². The van der Waals surface area contributed by atoms with Crippen LogP contribution in [0.5, 0.6) is 0 Å². The maximum atomic E-state index is 14.5. The van der Waals surface area contributed by atoms with Crippen LogP contribution in [0.4, 0.5) is 15.8 Å². The number of nitrogens with zero attached hydrogens (tertiary/aromatic N) is 1. The zero-order valence-corrected chi connectivity index (χ0v) is 22.0. The fourth-order valence-electron chi connectivity index (χ4n) is 3.87. The van der Waals surface area contributed by atoms with E-state index in [-0.39, 0.29) is 56.3 Å². The van der Waals surface area contributed by atoms with E-state index in [4.69, 9.17) is 32.4 Å². The first kappa shape index (κ1) is 27.6. The lowest BCUT2D eigenvalue weighted by molar-refractivity contribution is -0.136. The van der Waals surface area contributed by atoms with E-state index >= 15 is 0 Å². The predicted molar refractivity (Wildman–Crippen MR) is 142 cm³/mol. The molecule has 0 saturated carbocycles. The van der Waals surface area contributed by atoms with Crippen LogP contribution in [0, 0.1) is 5.82 Å². The second kappa shape index (κ2) is 11.5. The average Bonchev–Trinajstić information content (AvgIpc) is 3.43. The molecule has 1 aliphatic rings. The molecule has 0 saturated heterocycles. The fourth-order valence-corrected chi connectivity index (χ4v) is 4.40. The highest BCUT2D eigenvalue weighted by atomic mass is 35.5. The first-order valence-corrected chi connectivity index (χ1v) is 12.1. The predicted octanol–water partition coefficient (Wildman–Crippen LogP) is 4.86. The molecule has 0 unspecified atom stereocenters. The van der Waals surface area contributed by atoms with E-state index in [1.807, 2.05) is 0 Å². The highest BCUT2D eigenvalue weighted by molar-refractivity contribution is 6.40. The lowest BCUT2D eigenvalue weighted by Crippen LogP contribution is -2.34. The molecular weight excluding hydrogens is 552 g/mol. The molecule has 4 rings (SSSR count). The number of esters is 1. The number of rotatable bonds is 6. The van der Waals surface area contributed by atoms with Gasteiger partial charge in [0.05, 0.1) is 30.5 Å². The van der Waals surface area contributed by atoms with E-state index in [2.05, 4.69) is 10.6 Å². The summed E-state index contributed by atoms with van der Waals surface area (Å²) >= 11 is 11.8. The van der Waals surface area contributed by atoms with Crippen LogP contribution in [-0.2, 0) is 30.5 Å². The van der Waals surface area contributed by atoms with Gasteiger partial charge in [-0.15, -0.1) is 0 Å². The second-order valence-corrected chi connectivity index (χ2v) is 9.07. The smallest absolute Gasteiger partial charge is 0.340 e. The average molecular weight is 572 g/mol. The molecule has 0 atom stereocenters. The van der Waals surface area contributed by atoms with E-state index in [0.717, 1.165) is 4.90 Å². The van der Waals surface area contributed by atoms with E-state index in [0.29, 0.717) is 0 Å². The maximum Gasteiger partial charge on any atom is 0.340 e. The van der Waals surface area contributed by atoms with Crippen molar-refractivity contribution >= 4 is 64.3 Å². The third kappa shape index (κ3) is 6.02. The molecule has 2 N–H and O–H groups in total. The Bertz CT molecular complexity index is 1540. The number of hydrogen-bond acceptors (Lipinski definition) is 6. The van der Waals surface area contributed by atoms with E-state index < -0.39 is 29.5 Å². The van der Waals surface area contributed by atoms with Gasteiger partial charge in [-0.3, -0.25) is 19.3 Å². The van der Waals surface area contributed by atoms with Crippen LogP contribution in [-0.4, -0.2) is 30.8 Å². The highest BCUT2D eigenvalue weighted by Gasteiger charge is 2.39. The summed E-state index contributed by atoms with van der Waals surface area (Å²) in [5, 5.41) is 5.37.